The highest BCUT2D eigenvalue weighted by molar-refractivity contribution is 14.1. The lowest BCUT2D eigenvalue weighted by Gasteiger charge is -2.06. The van der Waals surface area contributed by atoms with E-state index in [4.69, 9.17) is 4.74 Å². The van der Waals surface area contributed by atoms with E-state index in [0.29, 0.717) is 0 Å². The molecule has 0 aliphatic rings. The molecule has 3 heteroatoms. The lowest BCUT2D eigenvalue weighted by molar-refractivity contribution is 0.147. The van der Waals surface area contributed by atoms with E-state index in [1.807, 2.05) is 6.92 Å². The molecular weight excluding hydrogens is 289 g/mol. The Balaban J connectivity index is 2.15. The summed E-state index contributed by atoms with van der Waals surface area (Å²) in [6.07, 6.45) is 1.06. The number of nitrogens with one attached hydrogen (secondary N) is 1. The molecule has 1 aromatic rings. The third kappa shape index (κ3) is 4.81. The van der Waals surface area contributed by atoms with Gasteiger partial charge in [-0.05, 0) is 60.2 Å². The summed E-state index contributed by atoms with van der Waals surface area (Å²) in [4.78, 5) is 0. The molecule has 0 bridgehead atoms. The van der Waals surface area contributed by atoms with E-state index in [2.05, 4.69) is 52.2 Å². The van der Waals surface area contributed by atoms with Crippen LogP contribution in [0.1, 0.15) is 13.3 Å². The Kier molecular flexibility index (Phi) is 5.94. The summed E-state index contributed by atoms with van der Waals surface area (Å²) in [5.41, 5.74) is 1.18. The van der Waals surface area contributed by atoms with Crippen molar-refractivity contribution in [3.8, 4) is 0 Å². The van der Waals surface area contributed by atoms with E-state index in [9.17, 15) is 0 Å². The summed E-state index contributed by atoms with van der Waals surface area (Å²) in [5, 5.41) is 3.35. The van der Waals surface area contributed by atoms with Crippen LogP contribution in [0.15, 0.2) is 24.3 Å². The molecule has 0 radical (unpaired) electrons. The lowest BCUT2D eigenvalue weighted by Crippen LogP contribution is -2.05. The van der Waals surface area contributed by atoms with Crippen molar-refractivity contribution in [2.75, 3.05) is 25.1 Å². The second-order valence-electron chi connectivity index (χ2n) is 2.98. The van der Waals surface area contributed by atoms with Gasteiger partial charge in [0.05, 0.1) is 0 Å². The first kappa shape index (κ1) is 11.8. The summed E-state index contributed by atoms with van der Waals surface area (Å²) in [6, 6.07) is 8.40. The number of halogens is 1. The summed E-state index contributed by atoms with van der Waals surface area (Å²) < 4.78 is 6.52. The Morgan fingerprint density at radius 3 is 2.64 bits per heavy atom. The van der Waals surface area contributed by atoms with Gasteiger partial charge in [0.1, 0.15) is 0 Å². The molecule has 0 aliphatic carbocycles. The number of anilines is 1. The van der Waals surface area contributed by atoms with Gasteiger partial charge in [-0.1, -0.05) is 0 Å². The van der Waals surface area contributed by atoms with Crippen LogP contribution in [0.3, 0.4) is 0 Å². The third-order valence-corrected chi connectivity index (χ3v) is 2.56. The average molecular weight is 305 g/mol. The van der Waals surface area contributed by atoms with Crippen molar-refractivity contribution in [2.45, 2.75) is 13.3 Å². The molecule has 0 aromatic heterocycles. The maximum absolute atomic E-state index is 5.25. The Bertz CT molecular complexity index is 248. The topological polar surface area (TPSA) is 21.3 Å². The molecule has 1 rings (SSSR count). The van der Waals surface area contributed by atoms with Crippen LogP contribution in [0.5, 0.6) is 0 Å². The zero-order valence-corrected chi connectivity index (χ0v) is 10.6. The molecule has 2 nitrogen and oxygen atoms in total. The van der Waals surface area contributed by atoms with Gasteiger partial charge in [-0.25, -0.2) is 0 Å². The van der Waals surface area contributed by atoms with Crippen LogP contribution in [0, 0.1) is 3.57 Å². The minimum absolute atomic E-state index is 0.809. The first-order valence-corrected chi connectivity index (χ1v) is 5.98. The van der Waals surface area contributed by atoms with Gasteiger partial charge in [0.2, 0.25) is 0 Å². The van der Waals surface area contributed by atoms with Gasteiger partial charge < -0.3 is 10.1 Å². The van der Waals surface area contributed by atoms with Crippen LogP contribution in [-0.4, -0.2) is 19.8 Å². The van der Waals surface area contributed by atoms with E-state index in [1.165, 1.54) is 9.26 Å². The third-order valence-electron chi connectivity index (χ3n) is 1.84. The highest BCUT2D eigenvalue weighted by atomic mass is 127. The second-order valence-corrected chi connectivity index (χ2v) is 4.23. The largest absolute Gasteiger partial charge is 0.385 e. The van der Waals surface area contributed by atoms with Crippen LogP contribution >= 0.6 is 22.6 Å². The van der Waals surface area contributed by atoms with Gasteiger partial charge in [0, 0.05) is 29.0 Å². The fourth-order valence-electron chi connectivity index (χ4n) is 1.12. The molecular formula is C11H16INO. The van der Waals surface area contributed by atoms with Crippen molar-refractivity contribution in [2.24, 2.45) is 0 Å². The van der Waals surface area contributed by atoms with Crippen LogP contribution in [-0.2, 0) is 4.74 Å². The van der Waals surface area contributed by atoms with Crippen molar-refractivity contribution < 1.29 is 4.74 Å². The molecule has 78 valence electrons. The fraction of sp³-hybridized carbons (Fsp3) is 0.455. The van der Waals surface area contributed by atoms with Crippen LogP contribution in [0.4, 0.5) is 5.69 Å². The molecule has 14 heavy (non-hydrogen) atoms. The van der Waals surface area contributed by atoms with Crippen molar-refractivity contribution in [1.82, 2.24) is 0 Å². The van der Waals surface area contributed by atoms with E-state index in [-0.39, 0.29) is 0 Å². The van der Waals surface area contributed by atoms with E-state index in [1.54, 1.807) is 0 Å². The summed E-state index contributed by atoms with van der Waals surface area (Å²) in [7, 11) is 0. The van der Waals surface area contributed by atoms with Gasteiger partial charge >= 0.3 is 0 Å². The Morgan fingerprint density at radius 2 is 2.00 bits per heavy atom. The molecule has 0 saturated heterocycles. The van der Waals surface area contributed by atoms with Crippen molar-refractivity contribution in [3.05, 3.63) is 27.8 Å². The highest BCUT2D eigenvalue weighted by Gasteiger charge is 1.91. The van der Waals surface area contributed by atoms with Crippen molar-refractivity contribution >= 4 is 28.3 Å². The second kappa shape index (κ2) is 7.06. The maximum Gasteiger partial charge on any atom is 0.0482 e. The van der Waals surface area contributed by atoms with E-state index >= 15 is 0 Å². The van der Waals surface area contributed by atoms with E-state index < -0.39 is 0 Å². The van der Waals surface area contributed by atoms with Crippen LogP contribution in [0.25, 0.3) is 0 Å². The quantitative estimate of drug-likeness (QED) is 0.644. The Morgan fingerprint density at radius 1 is 1.29 bits per heavy atom. The van der Waals surface area contributed by atoms with Gasteiger partial charge in [-0.15, -0.1) is 0 Å². The van der Waals surface area contributed by atoms with Gasteiger partial charge in [0.15, 0.2) is 0 Å². The molecule has 1 aromatic carbocycles. The summed E-state index contributed by atoms with van der Waals surface area (Å²) in [6.45, 7) is 4.64. The summed E-state index contributed by atoms with van der Waals surface area (Å²) in [5.74, 6) is 0. The molecule has 0 amide bonds. The average Bonchev–Trinajstić information content (AvgIpc) is 2.21. The van der Waals surface area contributed by atoms with Gasteiger partial charge in [-0.3, -0.25) is 0 Å². The fourth-order valence-corrected chi connectivity index (χ4v) is 1.48. The van der Waals surface area contributed by atoms with E-state index in [0.717, 1.165) is 26.2 Å². The number of rotatable bonds is 6. The number of benzene rings is 1. The predicted molar refractivity (Wildman–Crippen MR) is 68.8 cm³/mol. The predicted octanol–water partition coefficient (Wildman–Crippen LogP) is 3.13. The van der Waals surface area contributed by atoms with Crippen LogP contribution in [0.2, 0.25) is 0 Å². The normalized spacial score (nSPS) is 10.1. The Labute approximate surface area is 99.2 Å². The SMILES string of the molecule is CCOCCCNc1ccc(I)cc1. The minimum atomic E-state index is 0.809. The first-order chi connectivity index (χ1) is 6.83. The van der Waals surface area contributed by atoms with Gasteiger partial charge in [-0.2, -0.15) is 0 Å². The molecule has 0 unspecified atom stereocenters. The van der Waals surface area contributed by atoms with Crippen molar-refractivity contribution in [3.63, 3.8) is 0 Å². The number of ether oxygens (including phenoxy) is 1. The van der Waals surface area contributed by atoms with Crippen molar-refractivity contribution in [1.29, 1.82) is 0 Å². The molecule has 0 atom stereocenters. The molecule has 0 saturated carbocycles. The monoisotopic (exact) mass is 305 g/mol. The minimum Gasteiger partial charge on any atom is -0.385 e. The molecule has 0 aliphatic heterocycles. The number of hydrogen-bond donors (Lipinski definition) is 1. The van der Waals surface area contributed by atoms with Crippen LogP contribution < -0.4 is 5.32 Å². The lowest BCUT2D eigenvalue weighted by atomic mass is 10.3. The first-order valence-electron chi connectivity index (χ1n) is 4.90. The molecule has 1 N–H and O–H groups in total. The Hall–Kier alpha value is -0.290. The smallest absolute Gasteiger partial charge is 0.0482 e. The zero-order valence-electron chi connectivity index (χ0n) is 8.42. The number of hydrogen-bond acceptors (Lipinski definition) is 2. The van der Waals surface area contributed by atoms with Gasteiger partial charge in [0.25, 0.3) is 0 Å². The standard InChI is InChI=1S/C11H16INO/c1-2-14-9-3-8-13-11-6-4-10(12)5-7-11/h4-7,13H,2-3,8-9H2,1H3. The summed E-state index contributed by atoms with van der Waals surface area (Å²) >= 11 is 2.30. The zero-order chi connectivity index (χ0) is 10.2. The molecule has 0 spiro atoms. The molecule has 0 fully saturated rings. The maximum atomic E-state index is 5.25. The molecule has 0 heterocycles. The highest BCUT2D eigenvalue weighted by Crippen LogP contribution is 2.10.